The Morgan fingerprint density at radius 1 is 1.11 bits per heavy atom. The van der Waals surface area contributed by atoms with Crippen molar-refractivity contribution >= 4 is 34.8 Å². The maximum Gasteiger partial charge on any atom is 0.303 e. The lowest BCUT2D eigenvalue weighted by Gasteiger charge is -2.44. The van der Waals surface area contributed by atoms with E-state index in [2.05, 4.69) is 9.88 Å². The standard InChI is InChI=1S/C28H38N4O4S/c1-20(33)31-13-11-22-8-6-9-23(32(22)19-25-29-12-14-37-25)18-30(17-21-7-4-5-10-24(21)31)26(34)15-28(2,3)16-27(35)36/h4-5,7,10,12,14,22-23H,6,8-9,11,13,15-19H2,1-3H3,(H,35,36). The molecule has 2 atom stereocenters. The van der Waals surface area contributed by atoms with Gasteiger partial charge in [-0.2, -0.15) is 0 Å². The number of para-hydroxylation sites is 1. The average molecular weight is 527 g/mol. The largest absolute Gasteiger partial charge is 0.481 e. The predicted octanol–water partition coefficient (Wildman–Crippen LogP) is 4.54. The summed E-state index contributed by atoms with van der Waals surface area (Å²) < 4.78 is 0. The molecule has 0 spiro atoms. The number of anilines is 1. The van der Waals surface area contributed by atoms with E-state index in [1.165, 1.54) is 0 Å². The molecule has 2 aromatic rings. The maximum absolute atomic E-state index is 13.8. The van der Waals surface area contributed by atoms with Crippen molar-refractivity contribution in [3.05, 3.63) is 46.4 Å². The summed E-state index contributed by atoms with van der Waals surface area (Å²) in [6.07, 6.45) is 5.88. The molecule has 2 aliphatic rings. The van der Waals surface area contributed by atoms with Crippen LogP contribution in [-0.4, -0.2) is 62.8 Å². The Balaban J connectivity index is 1.71. The van der Waals surface area contributed by atoms with Gasteiger partial charge in [-0.3, -0.25) is 19.3 Å². The highest BCUT2D eigenvalue weighted by Gasteiger charge is 2.36. The van der Waals surface area contributed by atoms with E-state index >= 15 is 0 Å². The Morgan fingerprint density at radius 3 is 2.57 bits per heavy atom. The summed E-state index contributed by atoms with van der Waals surface area (Å²) in [5.74, 6) is -0.959. The normalized spacial score (nSPS) is 21.2. The van der Waals surface area contributed by atoms with Gasteiger partial charge in [0, 0.05) is 62.3 Å². The van der Waals surface area contributed by atoms with Crippen LogP contribution in [0, 0.1) is 5.41 Å². The van der Waals surface area contributed by atoms with Gasteiger partial charge in [-0.25, -0.2) is 4.98 Å². The summed E-state index contributed by atoms with van der Waals surface area (Å²) in [7, 11) is 0. The zero-order valence-electron chi connectivity index (χ0n) is 22.1. The number of carboxylic acids is 1. The fourth-order valence-corrected chi connectivity index (χ4v) is 6.44. The van der Waals surface area contributed by atoms with Crippen LogP contribution in [0.5, 0.6) is 0 Å². The molecule has 8 nitrogen and oxygen atoms in total. The molecule has 37 heavy (non-hydrogen) atoms. The zero-order valence-corrected chi connectivity index (χ0v) is 22.9. The van der Waals surface area contributed by atoms with E-state index in [1.807, 2.05) is 59.5 Å². The molecule has 1 aromatic heterocycles. The first-order valence-electron chi connectivity index (χ1n) is 13.1. The van der Waals surface area contributed by atoms with Crippen LogP contribution in [0.1, 0.15) is 69.9 Å². The number of aliphatic carboxylic acids is 1. The molecular formula is C28H38N4O4S. The minimum Gasteiger partial charge on any atom is -0.481 e. The lowest BCUT2D eigenvalue weighted by Crippen LogP contribution is -2.52. The SMILES string of the molecule is CC(=O)N1CCC2CCCC(CN(C(=O)CC(C)(C)CC(=O)O)Cc3ccccc31)N2Cc1nccs1. The maximum atomic E-state index is 13.8. The molecule has 2 amide bonds. The fourth-order valence-electron chi connectivity index (χ4n) is 5.81. The summed E-state index contributed by atoms with van der Waals surface area (Å²) in [4.78, 5) is 48.8. The van der Waals surface area contributed by atoms with Crippen molar-refractivity contribution in [2.24, 2.45) is 5.41 Å². The van der Waals surface area contributed by atoms with Gasteiger partial charge in [-0.1, -0.05) is 38.5 Å². The second kappa shape index (κ2) is 11.7. The van der Waals surface area contributed by atoms with Crippen molar-refractivity contribution < 1.29 is 19.5 Å². The van der Waals surface area contributed by atoms with E-state index in [1.54, 1.807) is 18.3 Å². The summed E-state index contributed by atoms with van der Waals surface area (Å²) in [5, 5.41) is 12.4. The molecule has 0 saturated carbocycles. The van der Waals surface area contributed by atoms with Crippen molar-refractivity contribution in [1.29, 1.82) is 0 Å². The minimum absolute atomic E-state index is 0.00834. The third-order valence-corrected chi connectivity index (χ3v) is 8.33. The number of nitrogens with zero attached hydrogens (tertiary/aromatic N) is 4. The Bertz CT molecular complexity index is 1100. The van der Waals surface area contributed by atoms with Crippen molar-refractivity contribution in [2.45, 2.75) is 84.5 Å². The lowest BCUT2D eigenvalue weighted by atomic mass is 9.85. The minimum atomic E-state index is -0.901. The number of thiazole rings is 1. The molecule has 1 fully saturated rings. The summed E-state index contributed by atoms with van der Waals surface area (Å²) in [5.41, 5.74) is 1.13. The molecule has 1 saturated heterocycles. The monoisotopic (exact) mass is 526 g/mol. The van der Waals surface area contributed by atoms with Crippen molar-refractivity contribution in [3.8, 4) is 0 Å². The number of hydrogen-bond donors (Lipinski definition) is 1. The van der Waals surface area contributed by atoms with Gasteiger partial charge < -0.3 is 14.9 Å². The van der Waals surface area contributed by atoms with Crippen LogP contribution in [0.25, 0.3) is 0 Å². The Kier molecular flexibility index (Phi) is 8.64. The van der Waals surface area contributed by atoms with E-state index in [4.69, 9.17) is 0 Å². The van der Waals surface area contributed by atoms with E-state index in [0.717, 1.165) is 48.5 Å². The molecule has 2 bridgehead atoms. The summed E-state index contributed by atoms with van der Waals surface area (Å²) in [6, 6.07) is 8.29. The van der Waals surface area contributed by atoms with Crippen molar-refractivity contribution in [1.82, 2.24) is 14.8 Å². The molecule has 1 N–H and O–H groups in total. The van der Waals surface area contributed by atoms with Gasteiger partial charge >= 0.3 is 5.97 Å². The fraction of sp³-hybridized carbons (Fsp3) is 0.571. The number of carboxylic acid groups (broad SMARTS) is 1. The molecule has 1 aromatic carbocycles. The van der Waals surface area contributed by atoms with Crippen LogP contribution in [0.2, 0.25) is 0 Å². The van der Waals surface area contributed by atoms with Gasteiger partial charge in [0.15, 0.2) is 0 Å². The van der Waals surface area contributed by atoms with E-state index in [0.29, 0.717) is 19.6 Å². The first-order valence-corrected chi connectivity index (χ1v) is 14.0. The predicted molar refractivity (Wildman–Crippen MR) is 144 cm³/mol. The molecule has 0 radical (unpaired) electrons. The molecule has 4 rings (SSSR count). The van der Waals surface area contributed by atoms with E-state index in [9.17, 15) is 19.5 Å². The van der Waals surface area contributed by atoms with Crippen molar-refractivity contribution in [3.63, 3.8) is 0 Å². The number of carbonyl (C=O) groups is 3. The topological polar surface area (TPSA) is 94.0 Å². The number of fused-ring (bicyclic) bond motifs is 3. The Labute approximate surface area is 223 Å². The average Bonchev–Trinajstić information content (AvgIpc) is 3.32. The number of amides is 2. The highest BCUT2D eigenvalue weighted by molar-refractivity contribution is 7.09. The van der Waals surface area contributed by atoms with Gasteiger partial charge in [0.05, 0.1) is 13.0 Å². The number of benzene rings is 1. The molecule has 200 valence electrons. The number of piperidine rings is 1. The van der Waals surface area contributed by atoms with Crippen LogP contribution in [-0.2, 0) is 27.5 Å². The van der Waals surface area contributed by atoms with Crippen LogP contribution >= 0.6 is 11.3 Å². The van der Waals surface area contributed by atoms with Gasteiger partial charge in [0.25, 0.3) is 0 Å². The van der Waals surface area contributed by atoms with E-state index < -0.39 is 11.4 Å². The third-order valence-electron chi connectivity index (χ3n) is 7.57. The Morgan fingerprint density at radius 2 is 1.86 bits per heavy atom. The molecular weight excluding hydrogens is 488 g/mol. The van der Waals surface area contributed by atoms with E-state index in [-0.39, 0.29) is 36.7 Å². The number of carbonyl (C=O) groups excluding carboxylic acids is 2. The smallest absolute Gasteiger partial charge is 0.303 e. The quantitative estimate of drug-likeness (QED) is 0.594. The molecule has 0 aliphatic carbocycles. The first-order chi connectivity index (χ1) is 17.6. The van der Waals surface area contributed by atoms with Crippen LogP contribution in [0.4, 0.5) is 5.69 Å². The highest BCUT2D eigenvalue weighted by Crippen LogP contribution is 2.33. The molecule has 2 aliphatic heterocycles. The second-order valence-corrected chi connectivity index (χ2v) is 12.1. The van der Waals surface area contributed by atoms with Crippen LogP contribution in [0.3, 0.4) is 0 Å². The number of rotatable bonds is 6. The van der Waals surface area contributed by atoms with Gasteiger partial charge in [0.1, 0.15) is 5.01 Å². The summed E-state index contributed by atoms with van der Waals surface area (Å²) >= 11 is 1.64. The van der Waals surface area contributed by atoms with Gasteiger partial charge in [0.2, 0.25) is 11.8 Å². The molecule has 9 heteroatoms. The van der Waals surface area contributed by atoms with Gasteiger partial charge in [-0.15, -0.1) is 11.3 Å². The molecule has 3 heterocycles. The van der Waals surface area contributed by atoms with Crippen molar-refractivity contribution in [2.75, 3.05) is 18.0 Å². The van der Waals surface area contributed by atoms with Crippen LogP contribution < -0.4 is 4.90 Å². The summed E-state index contributed by atoms with van der Waals surface area (Å²) in [6.45, 7) is 7.58. The number of hydrogen-bond acceptors (Lipinski definition) is 6. The Hall–Kier alpha value is -2.78. The first kappa shape index (κ1) is 27.3. The highest BCUT2D eigenvalue weighted by atomic mass is 32.1. The molecule has 2 unspecified atom stereocenters. The van der Waals surface area contributed by atoms with Crippen LogP contribution in [0.15, 0.2) is 35.8 Å². The van der Waals surface area contributed by atoms with Gasteiger partial charge in [-0.05, 0) is 36.3 Å². The second-order valence-electron chi connectivity index (χ2n) is 11.1. The third kappa shape index (κ3) is 6.96. The number of aromatic nitrogens is 1. The zero-order chi connectivity index (χ0) is 26.6. The lowest BCUT2D eigenvalue weighted by molar-refractivity contribution is -0.141.